The molecule has 1 aromatic rings. The zero-order valence-electron chi connectivity index (χ0n) is 9.70. The number of nitrogens with one attached hydrogen (secondary N) is 1. The maximum Gasteiger partial charge on any atom is 0.223 e. The average molecular weight is 222 g/mol. The minimum atomic E-state index is 0.242. The molecule has 88 valence electrons. The van der Waals surface area contributed by atoms with E-state index >= 15 is 0 Å². The van der Waals surface area contributed by atoms with Crippen LogP contribution < -0.4 is 21.7 Å². The van der Waals surface area contributed by atoms with Crippen LogP contribution >= 0.6 is 0 Å². The molecule has 6 nitrogen and oxygen atoms in total. The van der Waals surface area contributed by atoms with Gasteiger partial charge in [-0.1, -0.05) is 0 Å². The summed E-state index contributed by atoms with van der Waals surface area (Å²) in [5, 5.41) is 3.26. The van der Waals surface area contributed by atoms with Crippen LogP contribution in [-0.2, 0) is 0 Å². The van der Waals surface area contributed by atoms with E-state index in [4.69, 9.17) is 11.5 Å². The Morgan fingerprint density at radius 2 is 2.12 bits per heavy atom. The van der Waals surface area contributed by atoms with Gasteiger partial charge < -0.3 is 21.7 Å². The van der Waals surface area contributed by atoms with Gasteiger partial charge in [0.15, 0.2) is 0 Å². The van der Waals surface area contributed by atoms with Crippen LogP contribution in [0.15, 0.2) is 0 Å². The molecule has 0 unspecified atom stereocenters. The summed E-state index contributed by atoms with van der Waals surface area (Å²) in [5.41, 5.74) is 12.3. The van der Waals surface area contributed by atoms with Crippen molar-refractivity contribution in [3.63, 3.8) is 0 Å². The van der Waals surface area contributed by atoms with E-state index in [1.54, 1.807) is 0 Å². The summed E-state index contributed by atoms with van der Waals surface area (Å²) in [7, 11) is 1.98. The van der Waals surface area contributed by atoms with E-state index in [-0.39, 0.29) is 5.95 Å². The van der Waals surface area contributed by atoms with Crippen LogP contribution in [0.5, 0.6) is 0 Å². The van der Waals surface area contributed by atoms with Crippen LogP contribution in [0.1, 0.15) is 12.0 Å². The maximum absolute atomic E-state index is 5.78. The summed E-state index contributed by atoms with van der Waals surface area (Å²) in [5.74, 6) is 1.57. The Hall–Kier alpha value is -1.56. The van der Waals surface area contributed by atoms with E-state index in [1.807, 2.05) is 14.0 Å². The molecule has 1 aliphatic heterocycles. The molecule has 0 radical (unpaired) electrons. The number of anilines is 3. The molecule has 0 bridgehead atoms. The zero-order valence-corrected chi connectivity index (χ0v) is 9.70. The fourth-order valence-electron chi connectivity index (χ4n) is 2.04. The van der Waals surface area contributed by atoms with Gasteiger partial charge in [-0.15, -0.1) is 0 Å². The van der Waals surface area contributed by atoms with Crippen molar-refractivity contribution in [3.05, 3.63) is 5.56 Å². The largest absolute Gasteiger partial charge is 0.383 e. The van der Waals surface area contributed by atoms with E-state index in [1.165, 1.54) is 0 Å². The first kappa shape index (κ1) is 10.9. The van der Waals surface area contributed by atoms with Gasteiger partial charge in [0.25, 0.3) is 0 Å². The molecule has 0 aliphatic carbocycles. The van der Waals surface area contributed by atoms with Crippen molar-refractivity contribution in [2.75, 3.05) is 36.5 Å². The molecule has 1 saturated heterocycles. The van der Waals surface area contributed by atoms with Crippen LogP contribution in [0.4, 0.5) is 17.6 Å². The van der Waals surface area contributed by atoms with Crippen molar-refractivity contribution in [2.45, 2.75) is 19.4 Å². The predicted octanol–water partition coefficient (Wildman–Crippen LogP) is -0.252. The smallest absolute Gasteiger partial charge is 0.223 e. The number of aromatic nitrogens is 2. The van der Waals surface area contributed by atoms with Gasteiger partial charge in [0.1, 0.15) is 11.6 Å². The topological polar surface area (TPSA) is 93.1 Å². The highest BCUT2D eigenvalue weighted by atomic mass is 15.3. The Labute approximate surface area is 95.0 Å². The van der Waals surface area contributed by atoms with Gasteiger partial charge in [0.05, 0.1) is 0 Å². The molecule has 6 heteroatoms. The van der Waals surface area contributed by atoms with E-state index < -0.39 is 0 Å². The second-order valence-corrected chi connectivity index (χ2v) is 4.14. The van der Waals surface area contributed by atoms with Gasteiger partial charge in [-0.25, -0.2) is 0 Å². The van der Waals surface area contributed by atoms with Crippen LogP contribution in [-0.4, -0.2) is 36.1 Å². The number of nitrogens with two attached hydrogens (primary N) is 2. The standard InChI is InChI=1S/C10H18N6/c1-6-8(11)14-10(12)15-9(6)16-4-3-7(5-16)13-2/h7,13H,3-5H2,1-2H3,(H4,11,12,14,15)/t7-/m1/s1. The Kier molecular flexibility index (Phi) is 2.82. The maximum atomic E-state index is 5.78. The van der Waals surface area contributed by atoms with Gasteiger partial charge in [-0.05, 0) is 20.4 Å². The van der Waals surface area contributed by atoms with Crippen LogP contribution in [0, 0.1) is 6.92 Å². The van der Waals surface area contributed by atoms with Gasteiger partial charge in [-0.2, -0.15) is 9.97 Å². The van der Waals surface area contributed by atoms with E-state index in [0.29, 0.717) is 11.9 Å². The average Bonchev–Trinajstić information content (AvgIpc) is 2.71. The summed E-state index contributed by atoms with van der Waals surface area (Å²) in [4.78, 5) is 10.4. The predicted molar refractivity (Wildman–Crippen MR) is 65.3 cm³/mol. The second-order valence-electron chi connectivity index (χ2n) is 4.14. The number of hydrogen-bond acceptors (Lipinski definition) is 6. The number of rotatable bonds is 2. The minimum absolute atomic E-state index is 0.242. The molecule has 1 fully saturated rings. The van der Waals surface area contributed by atoms with E-state index in [9.17, 15) is 0 Å². The van der Waals surface area contributed by atoms with Crippen molar-refractivity contribution in [1.29, 1.82) is 0 Å². The van der Waals surface area contributed by atoms with Crippen molar-refractivity contribution >= 4 is 17.6 Å². The molecule has 1 aromatic heterocycles. The lowest BCUT2D eigenvalue weighted by Crippen LogP contribution is -2.30. The Morgan fingerprint density at radius 3 is 2.75 bits per heavy atom. The third-order valence-electron chi connectivity index (χ3n) is 3.07. The fourth-order valence-corrected chi connectivity index (χ4v) is 2.04. The fraction of sp³-hybridized carbons (Fsp3) is 0.600. The molecule has 0 saturated carbocycles. The molecule has 0 aromatic carbocycles. The number of nitrogens with zero attached hydrogens (tertiary/aromatic N) is 3. The lowest BCUT2D eigenvalue weighted by molar-refractivity contribution is 0.616. The monoisotopic (exact) mass is 222 g/mol. The quantitative estimate of drug-likeness (QED) is 0.639. The normalized spacial score (nSPS) is 20.4. The third-order valence-corrected chi connectivity index (χ3v) is 3.07. The lowest BCUT2D eigenvalue weighted by atomic mass is 10.3. The van der Waals surface area contributed by atoms with Gasteiger partial charge in [0, 0.05) is 24.7 Å². The van der Waals surface area contributed by atoms with Crippen molar-refractivity contribution in [3.8, 4) is 0 Å². The highest BCUT2D eigenvalue weighted by Crippen LogP contribution is 2.25. The van der Waals surface area contributed by atoms with Crippen LogP contribution in [0.25, 0.3) is 0 Å². The molecule has 5 N–H and O–H groups in total. The molecule has 0 amide bonds. The number of nitrogen functional groups attached to an aromatic ring is 2. The minimum Gasteiger partial charge on any atom is -0.383 e. The summed E-state index contributed by atoms with van der Waals surface area (Å²) >= 11 is 0. The third kappa shape index (κ3) is 1.88. The summed E-state index contributed by atoms with van der Waals surface area (Å²) < 4.78 is 0. The Balaban J connectivity index is 2.27. The summed E-state index contributed by atoms with van der Waals surface area (Å²) in [6, 6.07) is 0.511. The molecular weight excluding hydrogens is 204 g/mol. The lowest BCUT2D eigenvalue weighted by Gasteiger charge is -2.20. The molecule has 16 heavy (non-hydrogen) atoms. The number of likely N-dealkylation sites (N-methyl/N-ethyl adjacent to an activating group) is 1. The van der Waals surface area contributed by atoms with Crippen molar-refractivity contribution < 1.29 is 0 Å². The second kappa shape index (κ2) is 4.13. The first-order valence-electron chi connectivity index (χ1n) is 5.43. The highest BCUT2D eigenvalue weighted by Gasteiger charge is 2.24. The van der Waals surface area contributed by atoms with Crippen molar-refractivity contribution in [1.82, 2.24) is 15.3 Å². The molecule has 0 spiro atoms. The molecule has 2 heterocycles. The molecular formula is C10H18N6. The molecule has 1 atom stereocenters. The summed E-state index contributed by atoms with van der Waals surface area (Å²) in [6.07, 6.45) is 1.11. The van der Waals surface area contributed by atoms with E-state index in [0.717, 1.165) is 30.9 Å². The van der Waals surface area contributed by atoms with E-state index in [2.05, 4.69) is 20.2 Å². The number of hydrogen-bond donors (Lipinski definition) is 3. The van der Waals surface area contributed by atoms with Gasteiger partial charge in [-0.3, -0.25) is 0 Å². The molecule has 2 rings (SSSR count). The van der Waals surface area contributed by atoms with Crippen molar-refractivity contribution in [2.24, 2.45) is 0 Å². The van der Waals surface area contributed by atoms with Gasteiger partial charge >= 0.3 is 0 Å². The highest BCUT2D eigenvalue weighted by molar-refractivity contribution is 5.59. The van der Waals surface area contributed by atoms with Crippen LogP contribution in [0.3, 0.4) is 0 Å². The first-order valence-corrected chi connectivity index (χ1v) is 5.43. The molecule has 1 aliphatic rings. The SMILES string of the molecule is CN[C@@H]1CCN(c2nc(N)nc(N)c2C)C1. The van der Waals surface area contributed by atoms with Gasteiger partial charge in [0.2, 0.25) is 5.95 Å². The first-order chi connectivity index (χ1) is 7.61. The zero-order chi connectivity index (χ0) is 11.7. The van der Waals surface area contributed by atoms with Crippen LogP contribution in [0.2, 0.25) is 0 Å². The summed E-state index contributed by atoms with van der Waals surface area (Å²) in [6.45, 7) is 3.84. The Morgan fingerprint density at radius 1 is 1.38 bits per heavy atom. The Bertz CT molecular complexity index is 391.